The van der Waals surface area contributed by atoms with E-state index in [1.165, 1.54) is 25.3 Å². The number of hydrogen-bond acceptors (Lipinski definition) is 2. The highest BCUT2D eigenvalue weighted by Crippen LogP contribution is 2.29. The highest BCUT2D eigenvalue weighted by molar-refractivity contribution is 5.26. The van der Waals surface area contributed by atoms with Gasteiger partial charge in [0, 0.05) is 13.2 Å². The summed E-state index contributed by atoms with van der Waals surface area (Å²) in [6.45, 7) is 3.93. The van der Waals surface area contributed by atoms with Crippen molar-refractivity contribution in [2.45, 2.75) is 39.2 Å². The molecular weight excluding hydrogens is 241 g/mol. The molecule has 1 aromatic rings. The summed E-state index contributed by atoms with van der Waals surface area (Å²) in [6.07, 6.45) is 4.84. The van der Waals surface area contributed by atoms with Crippen LogP contribution in [0.5, 0.6) is 0 Å². The number of nitrogens with one attached hydrogen (secondary N) is 1. The van der Waals surface area contributed by atoms with Crippen LogP contribution in [0, 0.1) is 24.6 Å². The van der Waals surface area contributed by atoms with Crippen molar-refractivity contribution in [1.82, 2.24) is 5.32 Å². The third-order valence-corrected chi connectivity index (χ3v) is 4.33. The second-order valence-electron chi connectivity index (χ2n) is 5.69. The molecule has 106 valence electrons. The summed E-state index contributed by atoms with van der Waals surface area (Å²) in [5, 5.41) is 12.8. The summed E-state index contributed by atoms with van der Waals surface area (Å²) in [6, 6.07) is 4.93. The second-order valence-corrected chi connectivity index (χ2v) is 5.69. The van der Waals surface area contributed by atoms with Crippen LogP contribution in [0.3, 0.4) is 0 Å². The molecule has 2 atom stereocenters. The Balaban J connectivity index is 1.83. The fourth-order valence-corrected chi connectivity index (χ4v) is 3.02. The van der Waals surface area contributed by atoms with E-state index < -0.39 is 0 Å². The fraction of sp³-hybridized carbons (Fsp3) is 0.625. The molecule has 0 radical (unpaired) electrons. The largest absolute Gasteiger partial charge is 0.396 e. The van der Waals surface area contributed by atoms with Crippen molar-refractivity contribution in [2.75, 3.05) is 13.2 Å². The zero-order chi connectivity index (χ0) is 13.7. The van der Waals surface area contributed by atoms with E-state index in [2.05, 4.69) is 5.32 Å². The minimum atomic E-state index is -0.173. The molecule has 0 amide bonds. The topological polar surface area (TPSA) is 32.3 Å². The lowest BCUT2D eigenvalue weighted by Gasteiger charge is -2.30. The van der Waals surface area contributed by atoms with E-state index in [-0.39, 0.29) is 5.82 Å². The normalized spacial score (nSPS) is 23.5. The smallest absolute Gasteiger partial charge is 0.123 e. The van der Waals surface area contributed by atoms with Gasteiger partial charge in [0.1, 0.15) is 5.82 Å². The third-order valence-electron chi connectivity index (χ3n) is 4.33. The van der Waals surface area contributed by atoms with Gasteiger partial charge in [-0.05, 0) is 61.4 Å². The fourth-order valence-electron chi connectivity index (χ4n) is 3.02. The lowest BCUT2D eigenvalue weighted by molar-refractivity contribution is 0.133. The van der Waals surface area contributed by atoms with Crippen molar-refractivity contribution in [3.63, 3.8) is 0 Å². The first-order valence-corrected chi connectivity index (χ1v) is 7.27. The molecule has 0 heterocycles. The first-order valence-electron chi connectivity index (χ1n) is 7.27. The van der Waals surface area contributed by atoms with E-state index in [4.69, 9.17) is 0 Å². The summed E-state index contributed by atoms with van der Waals surface area (Å²) < 4.78 is 13.2. The molecule has 0 spiro atoms. The Bertz CT molecular complexity index is 408. The van der Waals surface area contributed by atoms with Gasteiger partial charge in [0.15, 0.2) is 0 Å². The number of aliphatic hydroxyl groups is 1. The van der Waals surface area contributed by atoms with Crippen molar-refractivity contribution in [2.24, 2.45) is 11.8 Å². The van der Waals surface area contributed by atoms with Crippen molar-refractivity contribution in [3.8, 4) is 0 Å². The molecule has 1 aromatic carbocycles. The average molecular weight is 265 g/mol. The zero-order valence-corrected chi connectivity index (χ0v) is 11.7. The lowest BCUT2D eigenvalue weighted by atomic mass is 9.79. The molecule has 1 aliphatic rings. The maximum atomic E-state index is 13.2. The van der Waals surface area contributed by atoms with E-state index in [0.717, 1.165) is 24.1 Å². The number of aliphatic hydroxyl groups excluding tert-OH is 1. The van der Waals surface area contributed by atoms with Crippen LogP contribution in [0.25, 0.3) is 0 Å². The van der Waals surface area contributed by atoms with E-state index in [0.29, 0.717) is 25.0 Å². The third kappa shape index (κ3) is 4.02. The summed E-state index contributed by atoms with van der Waals surface area (Å²) in [5.74, 6) is 0.829. The van der Waals surface area contributed by atoms with Crippen molar-refractivity contribution < 1.29 is 9.50 Å². The summed E-state index contributed by atoms with van der Waals surface area (Å²) in [7, 11) is 0. The van der Waals surface area contributed by atoms with E-state index >= 15 is 0 Å². The molecule has 2 rings (SSSR count). The Hall–Kier alpha value is -0.930. The van der Waals surface area contributed by atoms with Gasteiger partial charge in [-0.2, -0.15) is 0 Å². The van der Waals surface area contributed by atoms with Gasteiger partial charge in [-0.15, -0.1) is 0 Å². The Morgan fingerprint density at radius 2 is 2.00 bits per heavy atom. The lowest BCUT2D eigenvalue weighted by Crippen LogP contribution is -2.32. The van der Waals surface area contributed by atoms with Crippen LogP contribution in [-0.4, -0.2) is 18.3 Å². The van der Waals surface area contributed by atoms with E-state index in [9.17, 15) is 9.50 Å². The van der Waals surface area contributed by atoms with Crippen LogP contribution >= 0.6 is 0 Å². The molecule has 1 fully saturated rings. The zero-order valence-electron chi connectivity index (χ0n) is 11.7. The van der Waals surface area contributed by atoms with Crippen molar-refractivity contribution in [3.05, 3.63) is 35.1 Å². The maximum Gasteiger partial charge on any atom is 0.123 e. The molecule has 1 saturated carbocycles. The Labute approximate surface area is 115 Å². The SMILES string of the molecule is Cc1ccc(F)cc1CNCC1CCCCC1CO. The number of hydrogen-bond donors (Lipinski definition) is 2. The highest BCUT2D eigenvalue weighted by atomic mass is 19.1. The van der Waals surface area contributed by atoms with E-state index in [1.54, 1.807) is 6.07 Å². The molecule has 2 unspecified atom stereocenters. The van der Waals surface area contributed by atoms with Crippen LogP contribution in [0.4, 0.5) is 4.39 Å². The first-order chi connectivity index (χ1) is 9.20. The monoisotopic (exact) mass is 265 g/mol. The number of benzene rings is 1. The minimum absolute atomic E-state index is 0.173. The van der Waals surface area contributed by atoms with Crippen LogP contribution in [0.15, 0.2) is 18.2 Å². The van der Waals surface area contributed by atoms with Gasteiger partial charge in [0.05, 0.1) is 0 Å². The molecule has 3 heteroatoms. The predicted molar refractivity (Wildman–Crippen MR) is 75.4 cm³/mol. The quantitative estimate of drug-likeness (QED) is 0.857. The molecule has 2 N–H and O–H groups in total. The summed E-state index contributed by atoms with van der Waals surface area (Å²) in [4.78, 5) is 0. The van der Waals surface area contributed by atoms with Crippen molar-refractivity contribution in [1.29, 1.82) is 0 Å². The first kappa shape index (κ1) is 14.5. The molecule has 0 aliphatic heterocycles. The predicted octanol–water partition coefficient (Wildman–Crippen LogP) is 3.02. The summed E-state index contributed by atoms with van der Waals surface area (Å²) >= 11 is 0. The van der Waals surface area contributed by atoms with Crippen LogP contribution < -0.4 is 5.32 Å². The van der Waals surface area contributed by atoms with Gasteiger partial charge in [0.2, 0.25) is 0 Å². The van der Waals surface area contributed by atoms with Gasteiger partial charge in [-0.3, -0.25) is 0 Å². The molecule has 19 heavy (non-hydrogen) atoms. The number of halogens is 1. The van der Waals surface area contributed by atoms with Gasteiger partial charge >= 0.3 is 0 Å². The van der Waals surface area contributed by atoms with Crippen LogP contribution in [0.2, 0.25) is 0 Å². The number of aryl methyl sites for hydroxylation is 1. The van der Waals surface area contributed by atoms with Gasteiger partial charge in [-0.1, -0.05) is 18.9 Å². The van der Waals surface area contributed by atoms with Gasteiger partial charge in [0.25, 0.3) is 0 Å². The molecule has 0 saturated heterocycles. The molecule has 1 aliphatic carbocycles. The second kappa shape index (κ2) is 7.01. The summed E-state index contributed by atoms with van der Waals surface area (Å²) in [5.41, 5.74) is 2.15. The molecular formula is C16H24FNO. The minimum Gasteiger partial charge on any atom is -0.396 e. The average Bonchev–Trinajstić information content (AvgIpc) is 2.43. The van der Waals surface area contributed by atoms with Crippen LogP contribution in [0.1, 0.15) is 36.8 Å². The molecule has 0 aromatic heterocycles. The molecule has 2 nitrogen and oxygen atoms in total. The Kier molecular flexibility index (Phi) is 5.34. The van der Waals surface area contributed by atoms with E-state index in [1.807, 2.05) is 13.0 Å². The van der Waals surface area contributed by atoms with Gasteiger partial charge in [-0.25, -0.2) is 4.39 Å². The Morgan fingerprint density at radius 1 is 1.26 bits per heavy atom. The van der Waals surface area contributed by atoms with Crippen molar-refractivity contribution >= 4 is 0 Å². The van der Waals surface area contributed by atoms with Gasteiger partial charge < -0.3 is 10.4 Å². The standard InChI is InChI=1S/C16H24FNO/c1-12-6-7-16(17)8-15(12)10-18-9-13-4-2-3-5-14(13)11-19/h6-8,13-14,18-19H,2-5,9-11H2,1H3. The maximum absolute atomic E-state index is 13.2. The highest BCUT2D eigenvalue weighted by Gasteiger charge is 2.23. The molecule has 0 bridgehead atoms. The number of rotatable bonds is 5. The van der Waals surface area contributed by atoms with Crippen LogP contribution in [-0.2, 0) is 6.54 Å². The Morgan fingerprint density at radius 3 is 2.74 bits per heavy atom.